The molecule has 0 unspecified atom stereocenters. The molecule has 2 aliphatic rings. The van der Waals surface area contributed by atoms with E-state index in [1.807, 2.05) is 35.2 Å². The molecule has 1 aromatic rings. The lowest BCUT2D eigenvalue weighted by atomic mass is 10.3. The van der Waals surface area contributed by atoms with Crippen LogP contribution in [0.3, 0.4) is 0 Å². The highest BCUT2D eigenvalue weighted by Gasteiger charge is 2.24. The molecular formula is C17H25N3O2. The van der Waals surface area contributed by atoms with Crippen LogP contribution in [0.5, 0.6) is 5.75 Å². The Labute approximate surface area is 132 Å². The average Bonchev–Trinajstić information content (AvgIpc) is 3.39. The molecule has 1 saturated carbocycles. The predicted molar refractivity (Wildman–Crippen MR) is 86.1 cm³/mol. The van der Waals surface area contributed by atoms with Crippen LogP contribution in [0, 0.1) is 5.92 Å². The van der Waals surface area contributed by atoms with Gasteiger partial charge in [0, 0.05) is 39.3 Å². The third-order valence-corrected chi connectivity index (χ3v) is 4.32. The van der Waals surface area contributed by atoms with Gasteiger partial charge in [-0.3, -0.25) is 4.90 Å². The number of para-hydroxylation sites is 1. The van der Waals surface area contributed by atoms with Gasteiger partial charge in [0.25, 0.3) is 0 Å². The standard InChI is InChI=1S/C17H25N3O2/c21-17(18-14-15-6-7-15)20-10-8-19(9-11-20)12-13-22-16-4-2-1-3-5-16/h1-5,15H,6-14H2,(H,18,21). The third-order valence-electron chi connectivity index (χ3n) is 4.32. The van der Waals surface area contributed by atoms with E-state index in [2.05, 4.69) is 10.2 Å². The van der Waals surface area contributed by atoms with Crippen LogP contribution in [0.1, 0.15) is 12.8 Å². The molecule has 3 rings (SSSR count). The number of nitrogens with zero attached hydrogens (tertiary/aromatic N) is 2. The van der Waals surface area contributed by atoms with E-state index >= 15 is 0 Å². The van der Waals surface area contributed by atoms with Crippen molar-refractivity contribution in [3.8, 4) is 5.75 Å². The van der Waals surface area contributed by atoms with Gasteiger partial charge in [0.1, 0.15) is 12.4 Å². The summed E-state index contributed by atoms with van der Waals surface area (Å²) in [5, 5.41) is 3.04. The summed E-state index contributed by atoms with van der Waals surface area (Å²) < 4.78 is 5.72. The van der Waals surface area contributed by atoms with E-state index in [0.717, 1.165) is 50.9 Å². The van der Waals surface area contributed by atoms with Crippen molar-refractivity contribution in [3.05, 3.63) is 30.3 Å². The average molecular weight is 303 g/mol. The van der Waals surface area contributed by atoms with Crippen molar-refractivity contribution in [2.75, 3.05) is 45.9 Å². The molecule has 1 saturated heterocycles. The maximum atomic E-state index is 12.0. The molecule has 1 aliphatic carbocycles. The van der Waals surface area contributed by atoms with Crippen LogP contribution in [-0.2, 0) is 0 Å². The Hall–Kier alpha value is -1.75. The van der Waals surface area contributed by atoms with E-state index in [4.69, 9.17) is 4.74 Å². The predicted octanol–water partition coefficient (Wildman–Crippen LogP) is 1.80. The lowest BCUT2D eigenvalue weighted by molar-refractivity contribution is 0.126. The number of amides is 2. The minimum absolute atomic E-state index is 0.104. The summed E-state index contributed by atoms with van der Waals surface area (Å²) in [4.78, 5) is 16.3. The quantitative estimate of drug-likeness (QED) is 0.871. The fraction of sp³-hybridized carbons (Fsp3) is 0.588. The first kappa shape index (κ1) is 15.2. The molecule has 0 radical (unpaired) electrons. The second-order valence-electron chi connectivity index (χ2n) is 6.12. The van der Waals surface area contributed by atoms with Gasteiger partial charge in [-0.05, 0) is 30.9 Å². The Morgan fingerprint density at radius 3 is 2.55 bits per heavy atom. The summed E-state index contributed by atoms with van der Waals surface area (Å²) in [6, 6.07) is 10.00. The van der Waals surface area contributed by atoms with Crippen LogP contribution < -0.4 is 10.1 Å². The number of carbonyl (C=O) groups is 1. The van der Waals surface area contributed by atoms with Crippen molar-refractivity contribution < 1.29 is 9.53 Å². The van der Waals surface area contributed by atoms with Crippen molar-refractivity contribution in [3.63, 3.8) is 0 Å². The molecule has 1 N–H and O–H groups in total. The van der Waals surface area contributed by atoms with Gasteiger partial charge in [-0.25, -0.2) is 4.79 Å². The second-order valence-corrected chi connectivity index (χ2v) is 6.12. The molecule has 0 bridgehead atoms. The van der Waals surface area contributed by atoms with Gasteiger partial charge < -0.3 is 15.0 Å². The van der Waals surface area contributed by atoms with Crippen molar-refractivity contribution in [2.24, 2.45) is 5.92 Å². The Bertz CT molecular complexity index is 468. The molecule has 1 aromatic carbocycles. The first-order valence-corrected chi connectivity index (χ1v) is 8.24. The van der Waals surface area contributed by atoms with Gasteiger partial charge in [-0.2, -0.15) is 0 Å². The molecule has 2 amide bonds. The Morgan fingerprint density at radius 2 is 1.86 bits per heavy atom. The van der Waals surface area contributed by atoms with E-state index in [-0.39, 0.29) is 6.03 Å². The van der Waals surface area contributed by atoms with Crippen molar-refractivity contribution in [1.82, 2.24) is 15.1 Å². The largest absolute Gasteiger partial charge is 0.492 e. The van der Waals surface area contributed by atoms with E-state index < -0.39 is 0 Å². The number of carbonyl (C=O) groups excluding carboxylic acids is 1. The first-order valence-electron chi connectivity index (χ1n) is 8.24. The smallest absolute Gasteiger partial charge is 0.317 e. The Morgan fingerprint density at radius 1 is 1.14 bits per heavy atom. The van der Waals surface area contributed by atoms with E-state index in [1.54, 1.807) is 0 Å². The zero-order valence-electron chi connectivity index (χ0n) is 13.0. The van der Waals surface area contributed by atoms with Crippen LogP contribution in [0.2, 0.25) is 0 Å². The lowest BCUT2D eigenvalue weighted by Gasteiger charge is -2.34. The number of rotatable bonds is 6. The Kier molecular flexibility index (Phi) is 5.16. The highest BCUT2D eigenvalue weighted by molar-refractivity contribution is 5.74. The first-order chi connectivity index (χ1) is 10.8. The molecular weight excluding hydrogens is 278 g/mol. The van der Waals surface area contributed by atoms with Gasteiger partial charge in [0.2, 0.25) is 0 Å². The van der Waals surface area contributed by atoms with Gasteiger partial charge in [0.05, 0.1) is 0 Å². The number of benzene rings is 1. The molecule has 1 heterocycles. The van der Waals surface area contributed by atoms with Gasteiger partial charge in [-0.15, -0.1) is 0 Å². The lowest BCUT2D eigenvalue weighted by Crippen LogP contribution is -2.52. The number of piperazine rings is 1. The van der Waals surface area contributed by atoms with Crippen LogP contribution >= 0.6 is 0 Å². The summed E-state index contributed by atoms with van der Waals surface area (Å²) in [7, 11) is 0. The highest BCUT2D eigenvalue weighted by atomic mass is 16.5. The minimum atomic E-state index is 0.104. The molecule has 0 atom stereocenters. The summed E-state index contributed by atoms with van der Waals surface area (Å²) in [6.45, 7) is 5.92. The van der Waals surface area contributed by atoms with Crippen LogP contribution in [0.15, 0.2) is 30.3 Å². The molecule has 5 heteroatoms. The normalized spacial score (nSPS) is 19.0. The van der Waals surface area contributed by atoms with E-state index in [0.29, 0.717) is 6.61 Å². The molecule has 22 heavy (non-hydrogen) atoms. The van der Waals surface area contributed by atoms with Crippen LogP contribution in [0.25, 0.3) is 0 Å². The fourth-order valence-electron chi connectivity index (χ4n) is 2.65. The maximum Gasteiger partial charge on any atom is 0.317 e. The summed E-state index contributed by atoms with van der Waals surface area (Å²) >= 11 is 0. The number of nitrogens with one attached hydrogen (secondary N) is 1. The fourth-order valence-corrected chi connectivity index (χ4v) is 2.65. The van der Waals surface area contributed by atoms with Crippen LogP contribution in [-0.4, -0.2) is 61.7 Å². The second kappa shape index (κ2) is 7.49. The molecule has 1 aliphatic heterocycles. The summed E-state index contributed by atoms with van der Waals surface area (Å²) in [6.07, 6.45) is 2.55. The zero-order valence-corrected chi connectivity index (χ0v) is 13.0. The number of ether oxygens (including phenoxy) is 1. The summed E-state index contributed by atoms with van der Waals surface area (Å²) in [5.41, 5.74) is 0. The number of hydrogen-bond donors (Lipinski definition) is 1. The molecule has 120 valence electrons. The minimum Gasteiger partial charge on any atom is -0.492 e. The molecule has 0 spiro atoms. The van der Waals surface area contributed by atoms with Crippen LogP contribution in [0.4, 0.5) is 4.79 Å². The summed E-state index contributed by atoms with van der Waals surface area (Å²) in [5.74, 6) is 1.65. The van der Waals surface area contributed by atoms with E-state index in [9.17, 15) is 4.79 Å². The van der Waals surface area contributed by atoms with Gasteiger partial charge >= 0.3 is 6.03 Å². The molecule has 5 nitrogen and oxygen atoms in total. The van der Waals surface area contributed by atoms with Gasteiger partial charge in [-0.1, -0.05) is 18.2 Å². The zero-order chi connectivity index (χ0) is 15.2. The van der Waals surface area contributed by atoms with E-state index in [1.165, 1.54) is 12.8 Å². The molecule has 2 fully saturated rings. The number of urea groups is 1. The van der Waals surface area contributed by atoms with Crippen molar-refractivity contribution >= 4 is 6.03 Å². The topological polar surface area (TPSA) is 44.8 Å². The SMILES string of the molecule is O=C(NCC1CC1)N1CCN(CCOc2ccccc2)CC1. The van der Waals surface area contributed by atoms with Crippen molar-refractivity contribution in [1.29, 1.82) is 0 Å². The number of hydrogen-bond acceptors (Lipinski definition) is 3. The highest BCUT2D eigenvalue weighted by Crippen LogP contribution is 2.27. The van der Waals surface area contributed by atoms with Crippen molar-refractivity contribution in [2.45, 2.75) is 12.8 Å². The Balaban J connectivity index is 1.30. The monoisotopic (exact) mass is 303 g/mol. The van der Waals surface area contributed by atoms with Gasteiger partial charge in [0.15, 0.2) is 0 Å². The maximum absolute atomic E-state index is 12.0. The molecule has 0 aromatic heterocycles. The third kappa shape index (κ3) is 4.63.